The van der Waals surface area contributed by atoms with E-state index in [4.69, 9.17) is 15.6 Å². The molecule has 0 aromatic carbocycles. The normalized spacial score (nSPS) is 31.2. The molecule has 0 saturated heterocycles. The van der Waals surface area contributed by atoms with Gasteiger partial charge in [0.15, 0.2) is 0 Å². The van der Waals surface area contributed by atoms with Gasteiger partial charge >= 0.3 is 5.97 Å². The highest BCUT2D eigenvalue weighted by atomic mass is 16.5. The molecule has 0 unspecified atom stereocenters. The predicted octanol–water partition coefficient (Wildman–Crippen LogP) is 0.603. The summed E-state index contributed by atoms with van der Waals surface area (Å²) in [4.78, 5) is 10.6. The summed E-state index contributed by atoms with van der Waals surface area (Å²) in [6.07, 6.45) is 3.94. The second-order valence-corrected chi connectivity index (χ2v) is 3.65. The SMILES string of the molecule is CO[C@H]1CCC[C@@H]([C@H](N)C(=O)O)C1. The molecule has 1 rings (SSSR count). The largest absolute Gasteiger partial charge is 0.480 e. The van der Waals surface area contributed by atoms with E-state index in [1.54, 1.807) is 7.11 Å². The summed E-state index contributed by atoms with van der Waals surface area (Å²) in [7, 11) is 1.67. The monoisotopic (exact) mass is 187 g/mol. The van der Waals surface area contributed by atoms with E-state index in [-0.39, 0.29) is 12.0 Å². The molecule has 13 heavy (non-hydrogen) atoms. The summed E-state index contributed by atoms with van der Waals surface area (Å²) in [5, 5.41) is 8.73. The van der Waals surface area contributed by atoms with E-state index in [0.717, 1.165) is 25.7 Å². The number of methoxy groups -OCH3 is 1. The van der Waals surface area contributed by atoms with Crippen LogP contribution in [0.25, 0.3) is 0 Å². The highest BCUT2D eigenvalue weighted by Gasteiger charge is 2.29. The third-order valence-corrected chi connectivity index (χ3v) is 2.79. The van der Waals surface area contributed by atoms with Gasteiger partial charge in [-0.25, -0.2) is 0 Å². The molecule has 1 saturated carbocycles. The average Bonchev–Trinajstić information content (AvgIpc) is 2.16. The van der Waals surface area contributed by atoms with Crippen molar-refractivity contribution in [2.24, 2.45) is 11.7 Å². The van der Waals surface area contributed by atoms with Crippen LogP contribution < -0.4 is 5.73 Å². The van der Waals surface area contributed by atoms with Crippen molar-refractivity contribution in [3.63, 3.8) is 0 Å². The Bertz CT molecular complexity index is 184. The van der Waals surface area contributed by atoms with Crippen molar-refractivity contribution in [1.82, 2.24) is 0 Å². The van der Waals surface area contributed by atoms with Crippen LogP contribution in [-0.4, -0.2) is 30.3 Å². The molecule has 0 radical (unpaired) electrons. The van der Waals surface area contributed by atoms with Crippen LogP contribution in [0.5, 0.6) is 0 Å². The Morgan fingerprint density at radius 3 is 2.85 bits per heavy atom. The average molecular weight is 187 g/mol. The van der Waals surface area contributed by atoms with Crippen molar-refractivity contribution in [3.05, 3.63) is 0 Å². The summed E-state index contributed by atoms with van der Waals surface area (Å²) >= 11 is 0. The summed E-state index contributed by atoms with van der Waals surface area (Å²) in [6, 6.07) is -0.724. The molecule has 0 aromatic rings. The molecule has 0 aromatic heterocycles. The molecule has 3 N–H and O–H groups in total. The van der Waals surface area contributed by atoms with Crippen LogP contribution in [-0.2, 0) is 9.53 Å². The fraction of sp³-hybridized carbons (Fsp3) is 0.889. The fourth-order valence-corrected chi connectivity index (χ4v) is 1.92. The number of carbonyl (C=O) groups is 1. The highest BCUT2D eigenvalue weighted by molar-refractivity contribution is 5.73. The zero-order valence-corrected chi connectivity index (χ0v) is 7.90. The highest BCUT2D eigenvalue weighted by Crippen LogP contribution is 2.27. The molecule has 0 spiro atoms. The molecule has 3 atom stereocenters. The molecule has 1 aliphatic carbocycles. The van der Waals surface area contributed by atoms with Gasteiger partial charge in [-0.2, -0.15) is 0 Å². The summed E-state index contributed by atoms with van der Waals surface area (Å²) in [5.74, 6) is -0.821. The first-order chi connectivity index (χ1) is 6.15. The first-order valence-electron chi connectivity index (χ1n) is 4.66. The number of aliphatic carboxylic acids is 1. The Hall–Kier alpha value is -0.610. The molecule has 0 amide bonds. The van der Waals surface area contributed by atoms with E-state index >= 15 is 0 Å². The van der Waals surface area contributed by atoms with Crippen LogP contribution in [0.1, 0.15) is 25.7 Å². The van der Waals surface area contributed by atoms with E-state index < -0.39 is 12.0 Å². The van der Waals surface area contributed by atoms with Crippen LogP contribution in [0.15, 0.2) is 0 Å². The molecular weight excluding hydrogens is 170 g/mol. The van der Waals surface area contributed by atoms with Gasteiger partial charge in [-0.3, -0.25) is 4.79 Å². The molecule has 4 nitrogen and oxygen atoms in total. The first-order valence-corrected chi connectivity index (χ1v) is 4.66. The van der Waals surface area contributed by atoms with E-state index in [0.29, 0.717) is 0 Å². The lowest BCUT2D eigenvalue weighted by atomic mass is 9.82. The minimum Gasteiger partial charge on any atom is -0.480 e. The Balaban J connectivity index is 2.46. The Kier molecular flexibility index (Phi) is 3.69. The van der Waals surface area contributed by atoms with E-state index in [1.165, 1.54) is 0 Å². The van der Waals surface area contributed by atoms with E-state index in [2.05, 4.69) is 0 Å². The van der Waals surface area contributed by atoms with Crippen molar-refractivity contribution >= 4 is 5.97 Å². The van der Waals surface area contributed by atoms with E-state index in [1.807, 2.05) is 0 Å². The van der Waals surface area contributed by atoms with Crippen molar-refractivity contribution in [3.8, 4) is 0 Å². The minimum atomic E-state index is -0.901. The lowest BCUT2D eigenvalue weighted by Gasteiger charge is -2.30. The van der Waals surface area contributed by atoms with Crippen molar-refractivity contribution in [2.75, 3.05) is 7.11 Å². The second kappa shape index (κ2) is 4.58. The van der Waals surface area contributed by atoms with Gasteiger partial charge in [-0.1, -0.05) is 6.42 Å². The van der Waals surface area contributed by atoms with Gasteiger partial charge in [0.1, 0.15) is 6.04 Å². The number of carboxylic acids is 1. The van der Waals surface area contributed by atoms with Gasteiger partial charge < -0.3 is 15.6 Å². The third kappa shape index (κ3) is 2.67. The number of hydrogen-bond acceptors (Lipinski definition) is 3. The van der Waals surface area contributed by atoms with Crippen LogP contribution >= 0.6 is 0 Å². The number of nitrogens with two attached hydrogens (primary N) is 1. The zero-order valence-electron chi connectivity index (χ0n) is 7.90. The third-order valence-electron chi connectivity index (χ3n) is 2.79. The first kappa shape index (κ1) is 10.5. The molecule has 1 aliphatic rings. The maximum absolute atomic E-state index is 10.6. The van der Waals surface area contributed by atoms with Crippen LogP contribution in [0, 0.1) is 5.92 Å². The minimum absolute atomic E-state index is 0.0798. The molecule has 1 fully saturated rings. The maximum atomic E-state index is 10.6. The predicted molar refractivity (Wildman–Crippen MR) is 48.4 cm³/mol. The number of hydrogen-bond donors (Lipinski definition) is 2. The molecule has 4 heteroatoms. The van der Waals surface area contributed by atoms with Gasteiger partial charge in [-0.15, -0.1) is 0 Å². The van der Waals surface area contributed by atoms with Crippen molar-refractivity contribution < 1.29 is 14.6 Å². The van der Waals surface area contributed by atoms with E-state index in [9.17, 15) is 4.79 Å². The maximum Gasteiger partial charge on any atom is 0.320 e. The Labute approximate surface area is 78.1 Å². The quantitative estimate of drug-likeness (QED) is 0.678. The number of carboxylic acid groups (broad SMARTS) is 1. The Morgan fingerprint density at radius 2 is 2.31 bits per heavy atom. The lowest BCUT2D eigenvalue weighted by Crippen LogP contribution is -2.41. The van der Waals surface area contributed by atoms with Gasteiger partial charge in [0.2, 0.25) is 0 Å². The smallest absolute Gasteiger partial charge is 0.320 e. The van der Waals surface area contributed by atoms with Crippen molar-refractivity contribution in [2.45, 2.75) is 37.8 Å². The van der Waals surface area contributed by atoms with Crippen LogP contribution in [0.2, 0.25) is 0 Å². The molecule has 0 bridgehead atoms. The molecule has 0 heterocycles. The summed E-state index contributed by atoms with van der Waals surface area (Å²) in [6.45, 7) is 0. The fourth-order valence-electron chi connectivity index (χ4n) is 1.92. The van der Waals surface area contributed by atoms with Crippen LogP contribution in [0.3, 0.4) is 0 Å². The molecular formula is C9H17NO3. The zero-order chi connectivity index (χ0) is 9.84. The topological polar surface area (TPSA) is 72.5 Å². The standard InChI is InChI=1S/C9H17NO3/c1-13-7-4-2-3-6(5-7)8(10)9(11)12/h6-8H,2-5,10H2,1H3,(H,11,12)/t6-,7+,8+/m1/s1. The molecule has 76 valence electrons. The Morgan fingerprint density at radius 1 is 1.62 bits per heavy atom. The summed E-state index contributed by atoms with van der Waals surface area (Å²) < 4.78 is 5.20. The number of rotatable bonds is 3. The number of ether oxygens (including phenoxy) is 1. The molecule has 0 aliphatic heterocycles. The summed E-state index contributed by atoms with van der Waals surface area (Å²) in [5.41, 5.74) is 5.55. The van der Waals surface area contributed by atoms with Crippen LogP contribution in [0.4, 0.5) is 0 Å². The lowest BCUT2D eigenvalue weighted by molar-refractivity contribution is -0.140. The van der Waals surface area contributed by atoms with Gasteiger partial charge in [-0.05, 0) is 25.2 Å². The van der Waals surface area contributed by atoms with Gasteiger partial charge in [0.25, 0.3) is 0 Å². The second-order valence-electron chi connectivity index (χ2n) is 3.65. The van der Waals surface area contributed by atoms with Gasteiger partial charge in [0, 0.05) is 7.11 Å². The van der Waals surface area contributed by atoms with Crippen molar-refractivity contribution in [1.29, 1.82) is 0 Å². The van der Waals surface area contributed by atoms with Gasteiger partial charge in [0.05, 0.1) is 6.10 Å².